The summed E-state index contributed by atoms with van der Waals surface area (Å²) in [5.41, 5.74) is -0.105. The smallest absolute Gasteiger partial charge is 0.138 e. The topological polar surface area (TPSA) is 40.6 Å². The Bertz CT molecular complexity index is 403. The fraction of sp³-hybridized carbons (Fsp3) is 0.615. The van der Waals surface area contributed by atoms with Crippen molar-refractivity contribution >= 4 is 15.9 Å². The van der Waals surface area contributed by atoms with Crippen LogP contribution in [0.4, 0.5) is 0 Å². The minimum absolute atomic E-state index is 0.105. The zero-order chi connectivity index (χ0) is 12.4. The Balaban J connectivity index is 1.64. The summed E-state index contributed by atoms with van der Waals surface area (Å²) in [6.45, 7) is 2.25. The van der Waals surface area contributed by atoms with Crippen LogP contribution in [0.5, 0.6) is 5.75 Å². The fourth-order valence-electron chi connectivity index (χ4n) is 2.57. The van der Waals surface area contributed by atoms with E-state index in [1.807, 2.05) is 12.1 Å². The summed E-state index contributed by atoms with van der Waals surface area (Å²) < 4.78 is 18.1. The second kappa shape index (κ2) is 5.15. The lowest BCUT2D eigenvalue weighted by Gasteiger charge is -2.36. The lowest BCUT2D eigenvalue weighted by molar-refractivity contribution is -0.112. The third kappa shape index (κ3) is 2.68. The molecule has 2 atom stereocenters. The van der Waals surface area contributed by atoms with Gasteiger partial charge in [-0.3, -0.25) is 0 Å². The molecule has 0 aromatic carbocycles. The van der Waals surface area contributed by atoms with Gasteiger partial charge in [0.15, 0.2) is 0 Å². The Kier molecular flexibility index (Phi) is 3.54. The van der Waals surface area contributed by atoms with Gasteiger partial charge in [0.2, 0.25) is 0 Å². The highest BCUT2D eigenvalue weighted by Gasteiger charge is 2.41. The predicted molar refractivity (Wildman–Crippen MR) is 69.7 cm³/mol. The SMILES string of the molecule is Brc1ccc(OC2CCOC3(CCOC3)C2)cn1. The Morgan fingerprint density at radius 2 is 2.33 bits per heavy atom. The van der Waals surface area contributed by atoms with Crippen molar-refractivity contribution in [1.82, 2.24) is 4.98 Å². The number of halogens is 1. The molecule has 1 aromatic rings. The van der Waals surface area contributed by atoms with Gasteiger partial charge in [-0.2, -0.15) is 0 Å². The van der Waals surface area contributed by atoms with Crippen molar-refractivity contribution in [2.45, 2.75) is 31.0 Å². The van der Waals surface area contributed by atoms with Crippen molar-refractivity contribution in [3.63, 3.8) is 0 Å². The number of ether oxygens (including phenoxy) is 3. The molecule has 3 rings (SSSR count). The monoisotopic (exact) mass is 313 g/mol. The van der Waals surface area contributed by atoms with Crippen molar-refractivity contribution in [3.05, 3.63) is 22.9 Å². The molecule has 0 N–H and O–H groups in total. The van der Waals surface area contributed by atoms with E-state index in [4.69, 9.17) is 14.2 Å². The molecule has 98 valence electrons. The molecule has 1 spiro atoms. The molecule has 0 amide bonds. The van der Waals surface area contributed by atoms with Crippen LogP contribution in [-0.4, -0.2) is 36.5 Å². The van der Waals surface area contributed by atoms with E-state index in [1.165, 1.54) is 0 Å². The molecule has 0 saturated carbocycles. The van der Waals surface area contributed by atoms with Crippen molar-refractivity contribution in [2.75, 3.05) is 19.8 Å². The maximum Gasteiger partial charge on any atom is 0.138 e. The maximum atomic E-state index is 5.98. The van der Waals surface area contributed by atoms with Gasteiger partial charge in [0.1, 0.15) is 16.5 Å². The summed E-state index contributed by atoms with van der Waals surface area (Å²) in [7, 11) is 0. The van der Waals surface area contributed by atoms with E-state index >= 15 is 0 Å². The Hall–Kier alpha value is -0.650. The van der Waals surface area contributed by atoms with E-state index in [-0.39, 0.29) is 11.7 Å². The first-order valence-electron chi connectivity index (χ1n) is 6.26. The zero-order valence-electron chi connectivity index (χ0n) is 10.1. The second-order valence-electron chi connectivity index (χ2n) is 4.88. The van der Waals surface area contributed by atoms with Crippen LogP contribution >= 0.6 is 15.9 Å². The number of nitrogens with zero attached hydrogens (tertiary/aromatic N) is 1. The molecule has 0 aliphatic carbocycles. The van der Waals surface area contributed by atoms with Gasteiger partial charge in [0, 0.05) is 25.9 Å². The van der Waals surface area contributed by atoms with E-state index in [0.717, 1.165) is 42.8 Å². The number of pyridine rings is 1. The van der Waals surface area contributed by atoms with Crippen LogP contribution in [-0.2, 0) is 9.47 Å². The maximum absolute atomic E-state index is 5.98. The lowest BCUT2D eigenvalue weighted by Crippen LogP contribution is -2.44. The van der Waals surface area contributed by atoms with Gasteiger partial charge in [0.25, 0.3) is 0 Å². The summed E-state index contributed by atoms with van der Waals surface area (Å²) in [6.07, 6.45) is 4.76. The fourth-order valence-corrected chi connectivity index (χ4v) is 2.81. The van der Waals surface area contributed by atoms with Gasteiger partial charge in [-0.05, 0) is 28.1 Å². The first-order valence-corrected chi connectivity index (χ1v) is 7.05. The molecular weight excluding hydrogens is 298 g/mol. The number of hydrogen-bond donors (Lipinski definition) is 0. The largest absolute Gasteiger partial charge is 0.489 e. The summed E-state index contributed by atoms with van der Waals surface area (Å²) in [5, 5.41) is 0. The van der Waals surface area contributed by atoms with Crippen molar-refractivity contribution in [2.24, 2.45) is 0 Å². The van der Waals surface area contributed by atoms with Crippen molar-refractivity contribution in [1.29, 1.82) is 0 Å². The molecule has 2 unspecified atom stereocenters. The zero-order valence-corrected chi connectivity index (χ0v) is 11.7. The first kappa shape index (κ1) is 12.4. The van der Waals surface area contributed by atoms with Crippen LogP contribution in [0.2, 0.25) is 0 Å². The third-order valence-corrected chi connectivity index (χ3v) is 3.99. The van der Waals surface area contributed by atoms with Gasteiger partial charge >= 0.3 is 0 Å². The quantitative estimate of drug-likeness (QED) is 0.787. The Morgan fingerprint density at radius 1 is 1.39 bits per heavy atom. The minimum Gasteiger partial charge on any atom is -0.489 e. The summed E-state index contributed by atoms with van der Waals surface area (Å²) in [4.78, 5) is 4.17. The number of hydrogen-bond acceptors (Lipinski definition) is 4. The number of aromatic nitrogens is 1. The van der Waals surface area contributed by atoms with Crippen LogP contribution in [0, 0.1) is 0 Å². The van der Waals surface area contributed by atoms with Crippen LogP contribution in [0.3, 0.4) is 0 Å². The van der Waals surface area contributed by atoms with Gasteiger partial charge in [0.05, 0.1) is 25.0 Å². The molecule has 2 saturated heterocycles. The van der Waals surface area contributed by atoms with Gasteiger partial charge in [-0.25, -0.2) is 4.98 Å². The van der Waals surface area contributed by atoms with Gasteiger partial charge < -0.3 is 14.2 Å². The standard InChI is InChI=1S/C13H16BrNO3/c14-12-2-1-11(8-15-12)18-10-3-5-17-13(7-10)4-6-16-9-13/h1-2,8,10H,3-7,9H2. The molecule has 2 fully saturated rings. The second-order valence-corrected chi connectivity index (χ2v) is 5.70. The third-order valence-electron chi connectivity index (χ3n) is 3.52. The Morgan fingerprint density at radius 3 is 3.06 bits per heavy atom. The molecule has 18 heavy (non-hydrogen) atoms. The molecule has 2 aliphatic rings. The van der Waals surface area contributed by atoms with Gasteiger partial charge in [-0.15, -0.1) is 0 Å². The van der Waals surface area contributed by atoms with Gasteiger partial charge in [-0.1, -0.05) is 0 Å². The predicted octanol–water partition coefficient (Wildman–Crippen LogP) is 2.56. The molecule has 3 heterocycles. The molecule has 0 bridgehead atoms. The molecule has 4 nitrogen and oxygen atoms in total. The highest BCUT2D eigenvalue weighted by molar-refractivity contribution is 9.10. The summed E-state index contributed by atoms with van der Waals surface area (Å²) in [5.74, 6) is 0.819. The van der Waals surface area contributed by atoms with E-state index < -0.39 is 0 Å². The van der Waals surface area contributed by atoms with Crippen LogP contribution in [0.1, 0.15) is 19.3 Å². The van der Waals surface area contributed by atoms with Crippen LogP contribution in [0.15, 0.2) is 22.9 Å². The Labute approximate surface area is 115 Å². The normalized spacial score (nSPS) is 31.7. The van der Waals surface area contributed by atoms with Crippen molar-refractivity contribution < 1.29 is 14.2 Å². The highest BCUT2D eigenvalue weighted by atomic mass is 79.9. The summed E-state index contributed by atoms with van der Waals surface area (Å²) >= 11 is 3.32. The highest BCUT2D eigenvalue weighted by Crippen LogP contribution is 2.34. The van der Waals surface area contributed by atoms with Crippen LogP contribution < -0.4 is 4.74 Å². The minimum atomic E-state index is -0.105. The number of rotatable bonds is 2. The molecule has 0 radical (unpaired) electrons. The van der Waals surface area contributed by atoms with Crippen LogP contribution in [0.25, 0.3) is 0 Å². The van der Waals surface area contributed by atoms with Crippen molar-refractivity contribution in [3.8, 4) is 5.75 Å². The lowest BCUT2D eigenvalue weighted by atomic mass is 9.91. The molecule has 1 aromatic heterocycles. The average molecular weight is 314 g/mol. The molecule has 2 aliphatic heterocycles. The average Bonchev–Trinajstić information content (AvgIpc) is 2.80. The van der Waals surface area contributed by atoms with E-state index in [0.29, 0.717) is 6.61 Å². The molecular formula is C13H16BrNO3. The first-order chi connectivity index (χ1) is 8.76. The van der Waals surface area contributed by atoms with E-state index in [1.54, 1.807) is 6.20 Å². The summed E-state index contributed by atoms with van der Waals surface area (Å²) in [6, 6.07) is 3.83. The van der Waals surface area contributed by atoms with E-state index in [9.17, 15) is 0 Å². The van der Waals surface area contributed by atoms with E-state index in [2.05, 4.69) is 20.9 Å². The molecule has 5 heteroatoms.